The van der Waals surface area contributed by atoms with Crippen LogP contribution in [0.3, 0.4) is 0 Å². The molecule has 0 radical (unpaired) electrons. The molecule has 5 rings (SSSR count). The van der Waals surface area contributed by atoms with Crippen LogP contribution >= 0.6 is 0 Å². The van der Waals surface area contributed by atoms with Crippen LogP contribution in [0.15, 0.2) is 61.2 Å². The fourth-order valence-corrected chi connectivity index (χ4v) is 4.31. The third kappa shape index (κ3) is 4.19. The van der Waals surface area contributed by atoms with Gasteiger partial charge in [-0.05, 0) is 61.9 Å². The second-order valence-electron chi connectivity index (χ2n) is 8.15. The summed E-state index contributed by atoms with van der Waals surface area (Å²) < 4.78 is 5.83. The minimum Gasteiger partial charge on any atom is -0.441 e. The Kier molecular flexibility index (Phi) is 5.19. The van der Waals surface area contributed by atoms with E-state index in [-0.39, 0.29) is 11.7 Å². The molecule has 8 nitrogen and oxygen atoms in total. The lowest BCUT2D eigenvalue weighted by Crippen LogP contribution is -2.39. The van der Waals surface area contributed by atoms with Crippen molar-refractivity contribution in [1.29, 1.82) is 0 Å². The molecule has 3 aromatic heterocycles. The average molecular weight is 416 g/mol. The number of carbonyl (C=O) groups is 1. The normalized spacial score (nSPS) is 23.0. The summed E-state index contributed by atoms with van der Waals surface area (Å²) in [6.07, 6.45) is 10.4. The molecule has 2 fully saturated rings. The van der Waals surface area contributed by atoms with Gasteiger partial charge in [0, 0.05) is 36.9 Å². The fourth-order valence-electron chi connectivity index (χ4n) is 4.31. The molecule has 8 heteroatoms. The fraction of sp³-hybridized carbons (Fsp3) is 0.348. The second-order valence-corrected chi connectivity index (χ2v) is 8.15. The van der Waals surface area contributed by atoms with E-state index in [4.69, 9.17) is 4.74 Å². The summed E-state index contributed by atoms with van der Waals surface area (Å²) in [5, 5.41) is 3.44. The number of nitrogens with one attached hydrogen (secondary N) is 1. The first-order valence-electron chi connectivity index (χ1n) is 10.6. The van der Waals surface area contributed by atoms with Crippen LogP contribution in [0.5, 0.6) is 0 Å². The van der Waals surface area contributed by atoms with Gasteiger partial charge < -0.3 is 10.1 Å². The molecular formula is C23H24N6O2. The Hall–Kier alpha value is -3.55. The van der Waals surface area contributed by atoms with E-state index in [2.05, 4.69) is 25.3 Å². The monoisotopic (exact) mass is 416 g/mol. The predicted octanol–water partition coefficient (Wildman–Crippen LogP) is 3.93. The topological polar surface area (TPSA) is 93.1 Å². The van der Waals surface area contributed by atoms with Crippen LogP contribution in [0.1, 0.15) is 25.7 Å². The van der Waals surface area contributed by atoms with E-state index in [1.807, 2.05) is 30.3 Å². The molecule has 1 aliphatic carbocycles. The maximum Gasteiger partial charge on any atom is 0.416 e. The Morgan fingerprint density at radius 2 is 1.81 bits per heavy atom. The van der Waals surface area contributed by atoms with Gasteiger partial charge in [-0.25, -0.2) is 24.7 Å². The quantitative estimate of drug-likeness (QED) is 0.673. The first-order valence-corrected chi connectivity index (χ1v) is 10.6. The number of ether oxygens (including phenoxy) is 1. The Bertz CT molecular complexity index is 1020. The Labute approximate surface area is 180 Å². The average Bonchev–Trinajstić information content (AvgIpc) is 3.16. The van der Waals surface area contributed by atoms with Crippen molar-refractivity contribution in [2.75, 3.05) is 23.3 Å². The molecule has 2 aliphatic rings. The summed E-state index contributed by atoms with van der Waals surface area (Å²) in [4.78, 5) is 31.3. The minimum absolute atomic E-state index is 0.290. The van der Waals surface area contributed by atoms with E-state index < -0.39 is 0 Å². The van der Waals surface area contributed by atoms with E-state index in [1.165, 1.54) is 0 Å². The number of aromatic nitrogens is 4. The molecule has 4 heterocycles. The van der Waals surface area contributed by atoms with Crippen molar-refractivity contribution < 1.29 is 9.53 Å². The van der Waals surface area contributed by atoms with Gasteiger partial charge in [-0.2, -0.15) is 0 Å². The minimum atomic E-state index is -0.388. The molecule has 1 N–H and O–H groups in total. The molecule has 158 valence electrons. The predicted molar refractivity (Wildman–Crippen MR) is 117 cm³/mol. The van der Waals surface area contributed by atoms with Gasteiger partial charge in [-0.1, -0.05) is 6.07 Å². The molecule has 31 heavy (non-hydrogen) atoms. The zero-order valence-electron chi connectivity index (χ0n) is 17.1. The largest absolute Gasteiger partial charge is 0.441 e. The zero-order chi connectivity index (χ0) is 21.1. The number of nitrogens with zero attached hydrogens (tertiary/aromatic N) is 5. The molecule has 0 unspecified atom stereocenters. The molecule has 1 saturated carbocycles. The highest BCUT2D eigenvalue weighted by atomic mass is 16.6. The van der Waals surface area contributed by atoms with Gasteiger partial charge in [0.05, 0.1) is 6.54 Å². The molecular weight excluding hydrogens is 392 g/mol. The van der Waals surface area contributed by atoms with Crippen LogP contribution in [-0.4, -0.2) is 44.7 Å². The summed E-state index contributed by atoms with van der Waals surface area (Å²) in [6.45, 7) is 1.43. The summed E-state index contributed by atoms with van der Waals surface area (Å²) in [6, 6.07) is 11.3. The van der Waals surface area contributed by atoms with Crippen molar-refractivity contribution in [3.05, 3.63) is 61.2 Å². The first-order chi connectivity index (χ1) is 15.2. The van der Waals surface area contributed by atoms with Crippen LogP contribution in [0, 0.1) is 5.92 Å². The standard InChI is InChI=1S/C23H24N6O2/c30-22-29(20-4-1-2-11-24-20)16-23(31-22)9-7-17(8-10-23)14-27-19-6-5-18(15-28-19)21-25-12-3-13-26-21/h1-6,11-13,15,17H,7-10,14,16H2,(H,27,28). The Morgan fingerprint density at radius 1 is 1.00 bits per heavy atom. The van der Waals surface area contributed by atoms with Crippen molar-refractivity contribution >= 4 is 17.7 Å². The SMILES string of the molecule is O=C1OC2(CCC(CNc3ccc(-c4ncccn4)cn3)CC2)CN1c1ccccn1. The summed E-state index contributed by atoms with van der Waals surface area (Å²) in [5.41, 5.74) is 0.506. The van der Waals surface area contributed by atoms with Gasteiger partial charge in [0.1, 0.15) is 17.2 Å². The molecule has 1 spiro atoms. The molecule has 3 aromatic rings. The van der Waals surface area contributed by atoms with Crippen molar-refractivity contribution in [2.24, 2.45) is 5.92 Å². The van der Waals surface area contributed by atoms with Crippen LogP contribution in [0.2, 0.25) is 0 Å². The lowest BCUT2D eigenvalue weighted by Gasteiger charge is -2.35. The Balaban J connectivity index is 1.14. The molecule has 1 aliphatic heterocycles. The van der Waals surface area contributed by atoms with Crippen molar-refractivity contribution in [2.45, 2.75) is 31.3 Å². The van der Waals surface area contributed by atoms with Crippen molar-refractivity contribution in [3.63, 3.8) is 0 Å². The maximum absolute atomic E-state index is 12.4. The molecule has 1 saturated heterocycles. The molecule has 1 amide bonds. The van der Waals surface area contributed by atoms with Gasteiger partial charge in [-0.15, -0.1) is 0 Å². The number of hydrogen-bond donors (Lipinski definition) is 1. The highest BCUT2D eigenvalue weighted by Crippen LogP contribution is 2.40. The molecule has 0 aromatic carbocycles. The van der Waals surface area contributed by atoms with Crippen LogP contribution in [-0.2, 0) is 4.74 Å². The van der Waals surface area contributed by atoms with E-state index in [9.17, 15) is 4.79 Å². The lowest BCUT2D eigenvalue weighted by molar-refractivity contribution is 0.0148. The summed E-state index contributed by atoms with van der Waals surface area (Å²) in [5.74, 6) is 2.69. The van der Waals surface area contributed by atoms with E-state index in [0.29, 0.717) is 24.1 Å². The highest BCUT2D eigenvalue weighted by Gasteiger charge is 2.47. The third-order valence-corrected chi connectivity index (χ3v) is 6.07. The number of carbonyl (C=O) groups excluding carboxylic acids is 1. The third-order valence-electron chi connectivity index (χ3n) is 6.07. The lowest BCUT2D eigenvalue weighted by atomic mass is 9.78. The molecule has 0 atom stereocenters. The number of rotatable bonds is 5. The summed E-state index contributed by atoms with van der Waals surface area (Å²) in [7, 11) is 0. The van der Waals surface area contributed by atoms with Gasteiger partial charge in [0.15, 0.2) is 5.82 Å². The van der Waals surface area contributed by atoms with E-state index >= 15 is 0 Å². The van der Waals surface area contributed by atoms with Crippen molar-refractivity contribution in [3.8, 4) is 11.4 Å². The Morgan fingerprint density at radius 3 is 2.52 bits per heavy atom. The number of anilines is 2. The van der Waals surface area contributed by atoms with Gasteiger partial charge in [0.25, 0.3) is 0 Å². The smallest absolute Gasteiger partial charge is 0.416 e. The highest BCUT2D eigenvalue weighted by molar-refractivity contribution is 5.89. The molecule has 0 bridgehead atoms. The van der Waals surface area contributed by atoms with Crippen molar-refractivity contribution in [1.82, 2.24) is 19.9 Å². The first kappa shape index (κ1) is 19.4. The number of hydrogen-bond acceptors (Lipinski definition) is 7. The van der Waals surface area contributed by atoms with Crippen LogP contribution in [0.25, 0.3) is 11.4 Å². The van der Waals surface area contributed by atoms with E-state index in [1.54, 1.807) is 35.8 Å². The number of pyridine rings is 2. The summed E-state index contributed by atoms with van der Waals surface area (Å²) >= 11 is 0. The van der Waals surface area contributed by atoms with Crippen LogP contribution in [0.4, 0.5) is 16.4 Å². The second kappa shape index (κ2) is 8.29. The van der Waals surface area contributed by atoms with Gasteiger partial charge >= 0.3 is 6.09 Å². The van der Waals surface area contributed by atoms with Gasteiger partial charge in [0.2, 0.25) is 0 Å². The van der Waals surface area contributed by atoms with E-state index in [0.717, 1.165) is 43.6 Å². The van der Waals surface area contributed by atoms with Gasteiger partial charge in [-0.3, -0.25) is 4.90 Å². The van der Waals surface area contributed by atoms with Crippen LogP contribution < -0.4 is 10.2 Å². The maximum atomic E-state index is 12.4. The zero-order valence-corrected chi connectivity index (χ0v) is 17.1. The number of amides is 1.